The van der Waals surface area contributed by atoms with Gasteiger partial charge in [-0.25, -0.2) is 9.59 Å². The molecule has 3 aliphatic rings. The van der Waals surface area contributed by atoms with Crippen LogP contribution in [-0.4, -0.2) is 129 Å². The summed E-state index contributed by atoms with van der Waals surface area (Å²) in [6, 6.07) is 7.83. The molecule has 4 heterocycles. The van der Waals surface area contributed by atoms with Crippen molar-refractivity contribution in [3.8, 4) is 34.3 Å². The third-order valence-electron chi connectivity index (χ3n) is 10.9. The Morgan fingerprint density at radius 1 is 0.825 bits per heavy atom. The predicted molar refractivity (Wildman–Crippen MR) is 190 cm³/mol. The maximum absolute atomic E-state index is 13.6. The number of hydrogen-bond acceptors (Lipinski definition) is 17. The van der Waals surface area contributed by atoms with Crippen molar-refractivity contribution in [3.63, 3.8) is 0 Å². The van der Waals surface area contributed by atoms with Crippen molar-refractivity contribution in [2.24, 2.45) is 0 Å². The van der Waals surface area contributed by atoms with Crippen LogP contribution < -0.4 is 10.2 Å². The van der Waals surface area contributed by atoms with Crippen LogP contribution in [-0.2, 0) is 35.6 Å². The summed E-state index contributed by atoms with van der Waals surface area (Å²) < 4.78 is 27.5. The number of carbonyl (C=O) groups is 2. The lowest BCUT2D eigenvalue weighted by molar-refractivity contribution is -0.302. The number of hydrogen-bond donors (Lipinski definition) is 11. The first-order valence-electron chi connectivity index (χ1n) is 18.0. The maximum Gasteiger partial charge on any atom is 0.340 e. The lowest BCUT2D eigenvalue weighted by Crippen LogP contribution is -2.63. The number of aromatic amines is 1. The van der Waals surface area contributed by atoms with E-state index in [2.05, 4.69) is 11.9 Å². The van der Waals surface area contributed by atoms with Crippen molar-refractivity contribution in [2.45, 2.75) is 106 Å². The molecule has 2 aromatic carbocycles. The van der Waals surface area contributed by atoms with Crippen LogP contribution in [0.3, 0.4) is 0 Å². The van der Waals surface area contributed by atoms with Crippen LogP contribution in [0.5, 0.6) is 23.0 Å². The molecule has 3 fully saturated rings. The fourth-order valence-corrected chi connectivity index (χ4v) is 7.53. The van der Waals surface area contributed by atoms with Gasteiger partial charge in [0, 0.05) is 47.0 Å². The number of benzene rings is 2. The van der Waals surface area contributed by atoms with Gasteiger partial charge in [-0.3, -0.25) is 4.79 Å². The summed E-state index contributed by atoms with van der Waals surface area (Å²) in [5.41, 5.74) is 0.675. The minimum Gasteiger partial charge on any atom is -0.507 e. The standard InChI is InChI=1S/C38H41NO18/c1-38(6-2-3-7-38)23-9-14(13-39-23)8-16-21(12-22-24(25(16)43)19(42)11-20(53-22)15-4-5-17(40)18(41)10-15)54-36-30(48)27(45)29(47)33(56-36)35(52)57-37-31(49)26(44)28(46)32(55-37)34(50)51/h4-5,9-13,26-33,36-37,39-41,43-49H,2-3,6-8H2,1H3,(H,50,51). The third kappa shape index (κ3) is 7.39. The number of phenolic OH excluding ortho intramolecular Hbond substituents is 3. The van der Waals surface area contributed by atoms with Gasteiger partial charge in [0.15, 0.2) is 29.1 Å². The lowest BCUT2D eigenvalue weighted by atomic mass is 9.85. The van der Waals surface area contributed by atoms with Crippen LogP contribution in [0, 0.1) is 0 Å². The molecular weight excluding hydrogens is 758 g/mol. The second-order valence-corrected chi connectivity index (χ2v) is 14.8. The summed E-state index contributed by atoms with van der Waals surface area (Å²) in [5, 5.41) is 104. The quantitative estimate of drug-likeness (QED) is 0.0781. The predicted octanol–water partition coefficient (Wildman–Crippen LogP) is -0.0508. The van der Waals surface area contributed by atoms with Crippen LogP contribution in [0.2, 0.25) is 0 Å². The second kappa shape index (κ2) is 15.3. The highest BCUT2D eigenvalue weighted by molar-refractivity contribution is 5.88. The van der Waals surface area contributed by atoms with Gasteiger partial charge in [0.2, 0.25) is 12.6 Å². The van der Waals surface area contributed by atoms with E-state index in [0.717, 1.165) is 43.5 Å². The molecule has 10 atom stereocenters. The average molecular weight is 800 g/mol. The zero-order valence-corrected chi connectivity index (χ0v) is 30.1. The summed E-state index contributed by atoms with van der Waals surface area (Å²) in [7, 11) is 0. The van der Waals surface area contributed by atoms with Crippen molar-refractivity contribution in [2.75, 3.05) is 0 Å². The minimum atomic E-state index is -2.21. The number of rotatable bonds is 9. The van der Waals surface area contributed by atoms with E-state index in [1.165, 1.54) is 18.2 Å². The number of carboxylic acid groups (broad SMARTS) is 1. The monoisotopic (exact) mass is 799 g/mol. The molecule has 57 heavy (non-hydrogen) atoms. The Hall–Kier alpha value is -5.25. The Labute approximate surface area is 321 Å². The number of H-pyrrole nitrogens is 1. The van der Waals surface area contributed by atoms with Gasteiger partial charge < -0.3 is 79.4 Å². The number of fused-ring (bicyclic) bond motifs is 1. The van der Waals surface area contributed by atoms with E-state index in [1.54, 1.807) is 6.20 Å². The number of carbonyl (C=O) groups excluding carboxylic acids is 1. The molecule has 2 aromatic heterocycles. The average Bonchev–Trinajstić information content (AvgIpc) is 3.84. The van der Waals surface area contributed by atoms with Crippen molar-refractivity contribution < 1.29 is 84.0 Å². The van der Waals surface area contributed by atoms with Gasteiger partial charge >= 0.3 is 11.9 Å². The SMILES string of the molecule is CC1(c2cc(Cc3c(OC4OC(C(=O)OC5OC(C(=O)O)C(O)C(O)C5O)C(O)C(O)C4O)cc4oc(-c5ccc(O)c(O)c5)cc(=O)c4c3O)c[nH]2)CCCC1. The van der Waals surface area contributed by atoms with Crippen LogP contribution in [0.1, 0.15) is 49.4 Å². The minimum absolute atomic E-state index is 0.0199. The molecule has 7 rings (SSSR count). The number of carboxylic acids is 1. The molecule has 19 nitrogen and oxygen atoms in total. The van der Waals surface area contributed by atoms with Crippen LogP contribution in [0.4, 0.5) is 0 Å². The Bertz CT molecular complexity index is 2230. The fourth-order valence-electron chi connectivity index (χ4n) is 7.53. The summed E-state index contributed by atoms with van der Waals surface area (Å²) in [6.45, 7) is 2.13. The molecule has 4 aromatic rings. The molecule has 19 heteroatoms. The van der Waals surface area contributed by atoms with Crippen LogP contribution in [0.25, 0.3) is 22.3 Å². The number of phenols is 3. The number of esters is 1. The Morgan fingerprint density at radius 2 is 1.47 bits per heavy atom. The molecule has 306 valence electrons. The topological polar surface area (TPSA) is 319 Å². The fraction of sp³-hybridized carbons (Fsp3) is 0.447. The van der Waals surface area contributed by atoms with E-state index in [-0.39, 0.29) is 45.4 Å². The first kappa shape index (κ1) is 40.0. The van der Waals surface area contributed by atoms with Gasteiger partial charge in [-0.1, -0.05) is 19.8 Å². The molecule has 0 radical (unpaired) electrons. The van der Waals surface area contributed by atoms with E-state index in [0.29, 0.717) is 5.56 Å². The van der Waals surface area contributed by atoms with Crippen LogP contribution >= 0.6 is 0 Å². The van der Waals surface area contributed by atoms with Gasteiger partial charge in [-0.15, -0.1) is 0 Å². The highest BCUT2D eigenvalue weighted by Gasteiger charge is 2.52. The van der Waals surface area contributed by atoms with E-state index in [4.69, 9.17) is 23.4 Å². The molecule has 0 amide bonds. The van der Waals surface area contributed by atoms with E-state index < -0.39 is 96.0 Å². The van der Waals surface area contributed by atoms with Crippen molar-refractivity contribution in [3.05, 3.63) is 69.6 Å². The second-order valence-electron chi connectivity index (χ2n) is 14.8. The molecule has 2 aliphatic heterocycles. The Morgan fingerprint density at radius 3 is 2.14 bits per heavy atom. The van der Waals surface area contributed by atoms with Gasteiger partial charge in [-0.2, -0.15) is 0 Å². The Kier molecular flexibility index (Phi) is 10.7. The highest BCUT2D eigenvalue weighted by atomic mass is 16.7. The molecular formula is C38H41NO18. The van der Waals surface area contributed by atoms with Gasteiger partial charge in [-0.05, 0) is 42.7 Å². The summed E-state index contributed by atoms with van der Waals surface area (Å²) in [5.74, 6) is -5.25. The zero-order valence-electron chi connectivity index (χ0n) is 30.1. The number of aliphatic carboxylic acids is 1. The molecule has 0 spiro atoms. The molecule has 1 aliphatic carbocycles. The number of ether oxygens (including phenoxy) is 4. The smallest absolute Gasteiger partial charge is 0.340 e. The van der Waals surface area contributed by atoms with Gasteiger partial charge in [0.05, 0.1) is 0 Å². The first-order valence-corrected chi connectivity index (χ1v) is 18.0. The van der Waals surface area contributed by atoms with E-state index >= 15 is 0 Å². The Balaban J connectivity index is 1.24. The third-order valence-corrected chi connectivity index (χ3v) is 10.9. The van der Waals surface area contributed by atoms with Crippen molar-refractivity contribution >= 4 is 22.9 Å². The van der Waals surface area contributed by atoms with Crippen molar-refractivity contribution in [1.82, 2.24) is 4.98 Å². The molecule has 1 saturated carbocycles. The van der Waals surface area contributed by atoms with E-state index in [1.807, 2.05) is 6.07 Å². The zero-order chi connectivity index (χ0) is 41.1. The largest absolute Gasteiger partial charge is 0.507 e. The molecule has 2 saturated heterocycles. The summed E-state index contributed by atoms with van der Waals surface area (Å²) in [6.07, 6.45) is -15.8. The number of aliphatic hydroxyl groups is 6. The normalized spacial score (nSPS) is 29.9. The summed E-state index contributed by atoms with van der Waals surface area (Å²) in [4.78, 5) is 41.7. The van der Waals surface area contributed by atoms with Crippen LogP contribution in [0.15, 0.2) is 51.8 Å². The lowest BCUT2D eigenvalue weighted by Gasteiger charge is -2.41. The van der Waals surface area contributed by atoms with Gasteiger partial charge in [0.25, 0.3) is 0 Å². The van der Waals surface area contributed by atoms with Crippen molar-refractivity contribution in [1.29, 1.82) is 0 Å². The number of aromatic hydroxyl groups is 3. The van der Waals surface area contributed by atoms with Gasteiger partial charge in [0.1, 0.15) is 64.9 Å². The number of aromatic nitrogens is 1. The maximum atomic E-state index is 13.6. The van der Waals surface area contributed by atoms with E-state index in [9.17, 15) is 65.4 Å². The molecule has 11 N–H and O–H groups in total. The number of nitrogens with one attached hydrogen (secondary N) is 1. The number of aliphatic hydroxyl groups excluding tert-OH is 6. The highest BCUT2D eigenvalue weighted by Crippen LogP contribution is 2.43. The first-order chi connectivity index (χ1) is 27.0. The molecule has 10 unspecified atom stereocenters. The molecule has 0 bridgehead atoms. The summed E-state index contributed by atoms with van der Waals surface area (Å²) >= 11 is 0.